The molecule has 2 rings (SSSR count). The van der Waals surface area contributed by atoms with Gasteiger partial charge in [0.25, 0.3) is 0 Å². The predicted octanol–water partition coefficient (Wildman–Crippen LogP) is 2.14. The average molecular weight is 295 g/mol. The summed E-state index contributed by atoms with van der Waals surface area (Å²) in [6.45, 7) is 0. The van der Waals surface area contributed by atoms with Crippen molar-refractivity contribution in [3.8, 4) is 11.5 Å². The smallest absolute Gasteiger partial charge is 0.219 e. The molecule has 0 fully saturated rings. The number of nitrogen functional groups attached to an aromatic ring is 1. The van der Waals surface area contributed by atoms with E-state index in [2.05, 4.69) is 9.97 Å². The SMILES string of the molecule is COc1cc(OC)c(F)c(CCc2cnc(N)nc2)c1F. The summed E-state index contributed by atoms with van der Waals surface area (Å²) in [7, 11) is 2.63. The molecule has 5 nitrogen and oxygen atoms in total. The first kappa shape index (κ1) is 15.0. The predicted molar refractivity (Wildman–Crippen MR) is 73.3 cm³/mol. The topological polar surface area (TPSA) is 70.3 Å². The zero-order chi connectivity index (χ0) is 15.4. The lowest BCUT2D eigenvalue weighted by atomic mass is 10.0. The first-order valence-electron chi connectivity index (χ1n) is 6.22. The summed E-state index contributed by atoms with van der Waals surface area (Å²) < 4.78 is 38.1. The molecule has 0 saturated carbocycles. The molecular weight excluding hydrogens is 280 g/mol. The fraction of sp³-hybridized carbons (Fsp3) is 0.286. The van der Waals surface area contributed by atoms with Crippen molar-refractivity contribution >= 4 is 5.95 Å². The average Bonchev–Trinajstić information content (AvgIpc) is 2.49. The van der Waals surface area contributed by atoms with Crippen LogP contribution in [-0.4, -0.2) is 24.2 Å². The lowest BCUT2D eigenvalue weighted by Gasteiger charge is -2.12. The molecule has 0 saturated heterocycles. The number of rotatable bonds is 5. The van der Waals surface area contributed by atoms with Gasteiger partial charge in [-0.3, -0.25) is 0 Å². The number of nitrogens with zero attached hydrogens (tertiary/aromatic N) is 2. The highest BCUT2D eigenvalue weighted by Gasteiger charge is 2.19. The number of aryl methyl sites for hydroxylation is 1. The third kappa shape index (κ3) is 3.18. The summed E-state index contributed by atoms with van der Waals surface area (Å²) in [6, 6.07) is 1.18. The van der Waals surface area contributed by atoms with Crippen molar-refractivity contribution in [1.29, 1.82) is 0 Å². The van der Waals surface area contributed by atoms with E-state index in [0.29, 0.717) is 6.42 Å². The third-order valence-electron chi connectivity index (χ3n) is 3.05. The lowest BCUT2D eigenvalue weighted by Crippen LogP contribution is -2.04. The molecule has 0 bridgehead atoms. The Kier molecular flexibility index (Phi) is 4.52. The molecule has 0 spiro atoms. The zero-order valence-corrected chi connectivity index (χ0v) is 11.7. The van der Waals surface area contributed by atoms with Gasteiger partial charge in [-0.2, -0.15) is 0 Å². The molecule has 1 heterocycles. The van der Waals surface area contributed by atoms with Gasteiger partial charge in [0.1, 0.15) is 0 Å². The van der Waals surface area contributed by atoms with E-state index in [1.165, 1.54) is 32.7 Å². The summed E-state index contributed by atoms with van der Waals surface area (Å²) in [5.74, 6) is -1.42. The highest BCUT2D eigenvalue weighted by Crippen LogP contribution is 2.31. The van der Waals surface area contributed by atoms with Crippen molar-refractivity contribution in [2.75, 3.05) is 20.0 Å². The number of hydrogen-bond acceptors (Lipinski definition) is 5. The molecule has 1 aromatic carbocycles. The molecule has 7 heteroatoms. The van der Waals surface area contributed by atoms with E-state index < -0.39 is 11.6 Å². The molecule has 2 N–H and O–H groups in total. The Morgan fingerprint density at radius 2 is 1.52 bits per heavy atom. The Labute approximate surface area is 120 Å². The van der Waals surface area contributed by atoms with Crippen molar-refractivity contribution < 1.29 is 18.3 Å². The first-order chi connectivity index (χ1) is 10.1. The van der Waals surface area contributed by atoms with Crippen LogP contribution in [0, 0.1) is 11.6 Å². The summed E-state index contributed by atoms with van der Waals surface area (Å²) in [6.07, 6.45) is 3.54. The summed E-state index contributed by atoms with van der Waals surface area (Å²) in [5, 5.41) is 0. The summed E-state index contributed by atoms with van der Waals surface area (Å²) in [4.78, 5) is 7.67. The monoisotopic (exact) mass is 295 g/mol. The lowest BCUT2D eigenvalue weighted by molar-refractivity contribution is 0.353. The molecule has 0 amide bonds. The maximum Gasteiger partial charge on any atom is 0.219 e. The fourth-order valence-electron chi connectivity index (χ4n) is 1.92. The molecule has 112 valence electrons. The quantitative estimate of drug-likeness (QED) is 0.915. The van der Waals surface area contributed by atoms with Gasteiger partial charge in [-0.25, -0.2) is 18.7 Å². The van der Waals surface area contributed by atoms with Crippen LogP contribution < -0.4 is 15.2 Å². The van der Waals surface area contributed by atoms with Crippen LogP contribution in [0.4, 0.5) is 14.7 Å². The Morgan fingerprint density at radius 3 is 2.00 bits per heavy atom. The van der Waals surface area contributed by atoms with Gasteiger partial charge in [0.15, 0.2) is 23.1 Å². The Balaban J connectivity index is 2.28. The fourth-order valence-corrected chi connectivity index (χ4v) is 1.92. The summed E-state index contributed by atoms with van der Waals surface area (Å²) in [5.41, 5.74) is 6.01. The molecule has 1 aromatic heterocycles. The van der Waals surface area contributed by atoms with Gasteiger partial charge in [-0.05, 0) is 18.4 Å². The van der Waals surface area contributed by atoms with Crippen LogP contribution in [0.2, 0.25) is 0 Å². The van der Waals surface area contributed by atoms with E-state index in [-0.39, 0.29) is 29.4 Å². The highest BCUT2D eigenvalue weighted by atomic mass is 19.1. The molecule has 21 heavy (non-hydrogen) atoms. The minimum absolute atomic E-state index is 0.0585. The Morgan fingerprint density at radius 1 is 1.00 bits per heavy atom. The van der Waals surface area contributed by atoms with Gasteiger partial charge in [0.2, 0.25) is 5.95 Å². The molecule has 0 unspecified atom stereocenters. The van der Waals surface area contributed by atoms with Crippen LogP contribution in [0.3, 0.4) is 0 Å². The first-order valence-corrected chi connectivity index (χ1v) is 6.22. The van der Waals surface area contributed by atoms with Gasteiger partial charge in [-0.1, -0.05) is 0 Å². The minimum atomic E-state index is -0.729. The number of halogens is 2. The van der Waals surface area contributed by atoms with Crippen molar-refractivity contribution in [2.45, 2.75) is 12.8 Å². The second-order valence-electron chi connectivity index (χ2n) is 4.34. The van der Waals surface area contributed by atoms with Crippen LogP contribution >= 0.6 is 0 Å². The zero-order valence-electron chi connectivity index (χ0n) is 11.7. The molecular formula is C14H15F2N3O2. The maximum atomic E-state index is 14.1. The van der Waals surface area contributed by atoms with Crippen molar-refractivity contribution in [2.24, 2.45) is 0 Å². The summed E-state index contributed by atoms with van der Waals surface area (Å²) >= 11 is 0. The van der Waals surface area contributed by atoms with Crippen LogP contribution in [0.5, 0.6) is 11.5 Å². The molecule has 0 radical (unpaired) electrons. The van der Waals surface area contributed by atoms with E-state index in [1.54, 1.807) is 0 Å². The Bertz CT molecular complexity index is 605. The van der Waals surface area contributed by atoms with Gasteiger partial charge < -0.3 is 15.2 Å². The van der Waals surface area contributed by atoms with E-state index in [0.717, 1.165) is 5.56 Å². The molecule has 2 aromatic rings. The van der Waals surface area contributed by atoms with E-state index in [4.69, 9.17) is 15.2 Å². The van der Waals surface area contributed by atoms with Gasteiger partial charge >= 0.3 is 0 Å². The second-order valence-corrected chi connectivity index (χ2v) is 4.34. The number of hydrogen-bond donors (Lipinski definition) is 1. The van der Waals surface area contributed by atoms with E-state index in [9.17, 15) is 8.78 Å². The van der Waals surface area contributed by atoms with Crippen LogP contribution in [0.15, 0.2) is 18.5 Å². The molecule has 0 aliphatic rings. The van der Waals surface area contributed by atoms with Crippen molar-refractivity contribution in [3.05, 3.63) is 41.2 Å². The van der Waals surface area contributed by atoms with Crippen LogP contribution in [-0.2, 0) is 12.8 Å². The van der Waals surface area contributed by atoms with Gasteiger partial charge in [-0.15, -0.1) is 0 Å². The largest absolute Gasteiger partial charge is 0.494 e. The van der Waals surface area contributed by atoms with Gasteiger partial charge in [0.05, 0.1) is 14.2 Å². The van der Waals surface area contributed by atoms with Gasteiger partial charge in [0, 0.05) is 24.0 Å². The molecule has 0 aliphatic carbocycles. The van der Waals surface area contributed by atoms with E-state index >= 15 is 0 Å². The van der Waals surface area contributed by atoms with Crippen molar-refractivity contribution in [1.82, 2.24) is 9.97 Å². The van der Waals surface area contributed by atoms with Crippen LogP contribution in [0.1, 0.15) is 11.1 Å². The highest BCUT2D eigenvalue weighted by molar-refractivity contribution is 5.42. The van der Waals surface area contributed by atoms with Crippen LogP contribution in [0.25, 0.3) is 0 Å². The number of ether oxygens (including phenoxy) is 2. The minimum Gasteiger partial charge on any atom is -0.494 e. The van der Waals surface area contributed by atoms with Crippen molar-refractivity contribution in [3.63, 3.8) is 0 Å². The number of benzene rings is 1. The Hall–Kier alpha value is -2.44. The second kappa shape index (κ2) is 6.34. The number of nitrogens with two attached hydrogens (primary N) is 1. The normalized spacial score (nSPS) is 10.5. The number of methoxy groups -OCH3 is 2. The molecule has 0 aliphatic heterocycles. The molecule has 0 atom stereocenters. The maximum absolute atomic E-state index is 14.1. The third-order valence-corrected chi connectivity index (χ3v) is 3.05. The standard InChI is InChI=1S/C14H15F2N3O2/c1-20-10-5-11(21-2)13(16)9(12(10)15)4-3-8-6-18-14(17)19-7-8/h5-7H,3-4H2,1-2H3,(H2,17,18,19). The number of aromatic nitrogens is 2. The number of anilines is 1. The van der Waals surface area contributed by atoms with E-state index in [1.807, 2.05) is 0 Å².